The molecule has 140 valence electrons. The maximum atomic E-state index is 13.3. The molecule has 0 unspecified atom stereocenters. The molecule has 1 saturated heterocycles. The first-order valence-corrected chi connectivity index (χ1v) is 9.45. The minimum atomic E-state index is -2.86. The highest BCUT2D eigenvalue weighted by Gasteiger charge is 2.42. The normalized spacial score (nSPS) is 23.2. The van der Waals surface area contributed by atoms with Crippen molar-refractivity contribution in [1.82, 2.24) is 4.90 Å². The Hall–Kier alpha value is -1.69. The Labute approximate surface area is 171 Å². The molecule has 26 heavy (non-hydrogen) atoms. The van der Waals surface area contributed by atoms with Crippen LogP contribution in [0.5, 0.6) is 0 Å². The molecule has 0 aliphatic carbocycles. The fourth-order valence-electron chi connectivity index (χ4n) is 3.25. The summed E-state index contributed by atoms with van der Waals surface area (Å²) in [4.78, 5) is 16.9. The first-order valence-electron chi connectivity index (χ1n) is 12.6. The third-order valence-corrected chi connectivity index (χ3v) is 5.49. The zero-order valence-electron chi connectivity index (χ0n) is 22.5. The van der Waals surface area contributed by atoms with Crippen molar-refractivity contribution in [3.63, 3.8) is 0 Å². The molecular formula is C21H28N2O2S. The van der Waals surface area contributed by atoms with Crippen LogP contribution in [-0.2, 0) is 16.0 Å². The minimum absolute atomic E-state index is 0.00300. The fraction of sp³-hybridized carbons (Fsp3) is 0.476. The van der Waals surface area contributed by atoms with Crippen LogP contribution in [-0.4, -0.2) is 43.2 Å². The van der Waals surface area contributed by atoms with Gasteiger partial charge in [-0.25, -0.2) is 0 Å². The summed E-state index contributed by atoms with van der Waals surface area (Å²) >= 11 is 1.46. The molecule has 1 aliphatic heterocycles. The number of methoxy groups -OCH3 is 1. The minimum Gasteiger partial charge on any atom is -0.358 e. The van der Waals surface area contributed by atoms with Gasteiger partial charge in [-0.2, -0.15) is 0 Å². The summed E-state index contributed by atoms with van der Waals surface area (Å²) in [7, 11) is -2.86. The lowest BCUT2D eigenvalue weighted by atomic mass is 9.96. The van der Waals surface area contributed by atoms with Crippen LogP contribution < -0.4 is 4.90 Å². The highest BCUT2D eigenvalue weighted by atomic mass is 32.1. The average molecular weight is 381 g/mol. The van der Waals surface area contributed by atoms with Crippen LogP contribution in [0.2, 0.25) is 0 Å². The van der Waals surface area contributed by atoms with Crippen molar-refractivity contribution < 1.29 is 20.5 Å². The SMILES string of the molecule is [2H]C([2H])([2H])CC(=O)N(c1ccccc1)C1(OC([2H])([2H])[2H])CCN(C([2H])([2H])Cc2cccs2)CC1. The predicted molar refractivity (Wildman–Crippen MR) is 108 cm³/mol. The van der Waals surface area contributed by atoms with Gasteiger partial charge in [0.2, 0.25) is 5.91 Å². The summed E-state index contributed by atoms with van der Waals surface area (Å²) in [6.07, 6.45) is -0.608. The molecule has 2 heterocycles. The number of ether oxygens (including phenoxy) is 1. The Morgan fingerprint density at radius 2 is 2.12 bits per heavy atom. The van der Waals surface area contributed by atoms with Gasteiger partial charge in [0.15, 0.2) is 0 Å². The van der Waals surface area contributed by atoms with Gasteiger partial charge in [0.05, 0.1) is 4.11 Å². The quantitative estimate of drug-likeness (QED) is 0.676. The molecule has 1 aromatic carbocycles. The zero-order chi connectivity index (χ0) is 25.2. The molecule has 1 fully saturated rings. The van der Waals surface area contributed by atoms with Gasteiger partial charge in [-0.1, -0.05) is 31.1 Å². The van der Waals surface area contributed by atoms with E-state index < -0.39 is 38.4 Å². The van der Waals surface area contributed by atoms with Crippen molar-refractivity contribution in [2.24, 2.45) is 0 Å². The molecule has 0 atom stereocenters. The number of aryl methyl sites for hydroxylation is 1. The number of likely N-dealkylation sites (tertiary alicyclic amines) is 1. The number of carbonyl (C=O) groups is 1. The van der Waals surface area contributed by atoms with Gasteiger partial charge >= 0.3 is 0 Å². The van der Waals surface area contributed by atoms with Crippen LogP contribution >= 0.6 is 11.3 Å². The van der Waals surface area contributed by atoms with Gasteiger partial charge in [-0.3, -0.25) is 9.69 Å². The van der Waals surface area contributed by atoms with E-state index >= 15 is 0 Å². The highest BCUT2D eigenvalue weighted by Crippen LogP contribution is 2.34. The number of hydrogen-bond donors (Lipinski definition) is 0. The number of para-hydroxylation sites is 1. The lowest BCUT2D eigenvalue weighted by Crippen LogP contribution is -2.59. The molecule has 0 spiro atoms. The molecule has 0 bridgehead atoms. The van der Waals surface area contributed by atoms with E-state index in [4.69, 9.17) is 15.7 Å². The van der Waals surface area contributed by atoms with E-state index in [-0.39, 0.29) is 32.4 Å². The second kappa shape index (κ2) is 8.80. The monoisotopic (exact) mass is 380 g/mol. The van der Waals surface area contributed by atoms with Crippen molar-refractivity contribution >= 4 is 22.9 Å². The van der Waals surface area contributed by atoms with Crippen molar-refractivity contribution in [2.45, 2.75) is 38.3 Å². The molecule has 5 heteroatoms. The van der Waals surface area contributed by atoms with E-state index in [1.807, 2.05) is 17.5 Å². The first kappa shape index (κ1) is 11.2. The Balaban J connectivity index is 1.93. The van der Waals surface area contributed by atoms with Crippen LogP contribution in [0.1, 0.15) is 42.0 Å². The largest absolute Gasteiger partial charge is 0.358 e. The average Bonchev–Trinajstić information content (AvgIpc) is 3.19. The molecule has 3 rings (SSSR count). The number of amides is 1. The molecule has 0 N–H and O–H groups in total. The molecule has 1 aromatic heterocycles. The van der Waals surface area contributed by atoms with E-state index in [1.54, 1.807) is 35.2 Å². The van der Waals surface area contributed by atoms with E-state index in [2.05, 4.69) is 0 Å². The van der Waals surface area contributed by atoms with Crippen LogP contribution in [0.15, 0.2) is 47.8 Å². The van der Waals surface area contributed by atoms with Crippen LogP contribution in [0.4, 0.5) is 5.69 Å². The Morgan fingerprint density at radius 1 is 1.31 bits per heavy atom. The maximum Gasteiger partial charge on any atom is 0.229 e. The van der Waals surface area contributed by atoms with Gasteiger partial charge in [-0.15, -0.1) is 11.3 Å². The molecule has 1 amide bonds. The number of hydrogen-bond acceptors (Lipinski definition) is 4. The standard InChI is InChI=1S/C21H28N2O2S/c1-3-20(24)23(18-8-5-4-6-9-18)21(25-2)12-15-22(16-13-21)14-11-19-10-7-17-26-19/h4-10,17H,3,11-16H2,1-2H3/i1D3,2D3,14D2. The second-order valence-electron chi connectivity index (χ2n) is 6.19. The Kier molecular flexibility index (Phi) is 3.80. The fourth-order valence-corrected chi connectivity index (χ4v) is 3.89. The maximum absolute atomic E-state index is 13.3. The lowest BCUT2D eigenvalue weighted by molar-refractivity contribution is -0.128. The number of nitrogens with zero attached hydrogens (tertiary/aromatic N) is 2. The third-order valence-electron chi connectivity index (χ3n) is 4.61. The molecule has 0 radical (unpaired) electrons. The van der Waals surface area contributed by atoms with Gasteiger partial charge in [0, 0.05) is 63.3 Å². The van der Waals surface area contributed by atoms with Gasteiger partial charge < -0.3 is 9.64 Å². The van der Waals surface area contributed by atoms with Crippen molar-refractivity contribution in [2.75, 3.05) is 31.5 Å². The third kappa shape index (κ3) is 4.17. The molecule has 4 nitrogen and oxygen atoms in total. The van der Waals surface area contributed by atoms with Crippen molar-refractivity contribution in [3.8, 4) is 0 Å². The summed E-state index contributed by atoms with van der Waals surface area (Å²) in [5.41, 5.74) is -1.32. The van der Waals surface area contributed by atoms with E-state index in [9.17, 15) is 4.79 Å². The number of piperidine rings is 1. The van der Waals surface area contributed by atoms with E-state index in [0.717, 1.165) is 9.78 Å². The van der Waals surface area contributed by atoms with Gasteiger partial charge in [0.25, 0.3) is 0 Å². The van der Waals surface area contributed by atoms with Crippen LogP contribution in [0, 0.1) is 0 Å². The zero-order valence-corrected chi connectivity index (χ0v) is 15.3. The first-order chi connectivity index (χ1) is 15.7. The highest BCUT2D eigenvalue weighted by molar-refractivity contribution is 7.09. The van der Waals surface area contributed by atoms with Crippen molar-refractivity contribution in [3.05, 3.63) is 52.7 Å². The van der Waals surface area contributed by atoms with Gasteiger partial charge in [-0.05, 0) is 30.0 Å². The summed E-state index contributed by atoms with van der Waals surface area (Å²) in [5, 5.41) is 1.88. The molecule has 1 aliphatic rings. The number of anilines is 1. The molecule has 0 saturated carbocycles. The predicted octanol–water partition coefficient (Wildman–Crippen LogP) is 4.17. The van der Waals surface area contributed by atoms with E-state index in [1.165, 1.54) is 11.3 Å². The molecule has 2 aromatic rings. The summed E-state index contributed by atoms with van der Waals surface area (Å²) in [6, 6.07) is 12.0. The van der Waals surface area contributed by atoms with Crippen LogP contribution in [0.25, 0.3) is 0 Å². The van der Waals surface area contributed by atoms with Crippen molar-refractivity contribution in [1.29, 1.82) is 0 Å². The Morgan fingerprint density at radius 3 is 2.77 bits per heavy atom. The van der Waals surface area contributed by atoms with E-state index in [0.29, 0.717) is 5.69 Å². The summed E-state index contributed by atoms with van der Waals surface area (Å²) < 4.78 is 68.6. The second-order valence-corrected chi connectivity index (χ2v) is 7.22. The Bertz CT molecular complexity index is 940. The lowest BCUT2D eigenvalue weighted by Gasteiger charge is -2.47. The smallest absolute Gasteiger partial charge is 0.229 e. The number of carbonyl (C=O) groups excluding carboxylic acids is 1. The number of benzene rings is 1. The molecular weight excluding hydrogens is 344 g/mol. The number of rotatable bonds is 7. The summed E-state index contributed by atoms with van der Waals surface area (Å²) in [6.45, 7) is -3.99. The topological polar surface area (TPSA) is 32.8 Å². The van der Waals surface area contributed by atoms with Gasteiger partial charge in [0.1, 0.15) is 5.72 Å². The van der Waals surface area contributed by atoms with Crippen LogP contribution in [0.3, 0.4) is 0 Å². The summed E-state index contributed by atoms with van der Waals surface area (Å²) in [5.74, 6) is -0.773. The number of thiophene rings is 1.